The van der Waals surface area contributed by atoms with Gasteiger partial charge in [-0.05, 0) is 54.1 Å². The number of hydrogen-bond acceptors (Lipinski definition) is 0. The van der Waals surface area contributed by atoms with Crippen molar-refractivity contribution >= 4 is 0 Å². The van der Waals surface area contributed by atoms with Crippen molar-refractivity contribution in [2.45, 2.75) is 31.1 Å². The highest BCUT2D eigenvalue weighted by atomic mass is 14.6. The molecule has 2 unspecified atom stereocenters. The van der Waals surface area contributed by atoms with E-state index in [-0.39, 0.29) is 0 Å². The first kappa shape index (κ1) is 6.64. The summed E-state index contributed by atoms with van der Waals surface area (Å²) in [5, 5.41) is 0. The van der Waals surface area contributed by atoms with Gasteiger partial charge in [0, 0.05) is 0 Å². The van der Waals surface area contributed by atoms with Crippen LogP contribution in [0.3, 0.4) is 0 Å². The smallest absolute Gasteiger partial charge is 0.0122 e. The first-order chi connectivity index (χ1) is 6.43. The highest BCUT2D eigenvalue weighted by Gasteiger charge is 2.52. The molecule has 2 bridgehead atoms. The lowest BCUT2D eigenvalue weighted by Crippen LogP contribution is -2.06. The Morgan fingerprint density at radius 1 is 0.846 bits per heavy atom. The second-order valence-corrected chi connectivity index (χ2v) is 5.08. The van der Waals surface area contributed by atoms with Gasteiger partial charge in [0.1, 0.15) is 0 Å². The van der Waals surface area contributed by atoms with Crippen molar-refractivity contribution in [3.63, 3.8) is 0 Å². The molecule has 0 nitrogen and oxygen atoms in total. The normalized spacial score (nSPS) is 44.0. The van der Waals surface area contributed by atoms with Crippen LogP contribution in [-0.4, -0.2) is 0 Å². The van der Waals surface area contributed by atoms with E-state index in [1.807, 2.05) is 0 Å². The maximum Gasteiger partial charge on any atom is -0.0122 e. The number of hydrogen-bond donors (Lipinski definition) is 0. The van der Waals surface area contributed by atoms with Crippen LogP contribution in [-0.2, 0) is 0 Å². The third kappa shape index (κ3) is 0.653. The minimum atomic E-state index is 0.958. The van der Waals surface area contributed by atoms with E-state index in [0.29, 0.717) is 0 Å². The second-order valence-electron chi connectivity index (χ2n) is 5.08. The van der Waals surface area contributed by atoms with E-state index in [4.69, 9.17) is 0 Å². The van der Waals surface area contributed by atoms with Crippen LogP contribution in [0.1, 0.15) is 42.2 Å². The van der Waals surface area contributed by atoms with Crippen molar-refractivity contribution in [1.82, 2.24) is 0 Å². The van der Waals surface area contributed by atoms with E-state index >= 15 is 0 Å². The van der Waals surface area contributed by atoms with Crippen LogP contribution in [0.5, 0.6) is 0 Å². The lowest BCUT2D eigenvalue weighted by Gasteiger charge is -2.18. The van der Waals surface area contributed by atoms with Gasteiger partial charge in [-0.1, -0.05) is 24.3 Å². The minimum Gasteiger partial charge on any atom is -0.0620 e. The lowest BCUT2D eigenvalue weighted by atomic mass is 9.86. The van der Waals surface area contributed by atoms with Crippen molar-refractivity contribution < 1.29 is 0 Å². The van der Waals surface area contributed by atoms with Crippen molar-refractivity contribution in [2.24, 2.45) is 11.8 Å². The summed E-state index contributed by atoms with van der Waals surface area (Å²) in [6, 6.07) is 9.19. The standard InChI is InChI=1S/C13H14/c1-2-4-10-9(3-1)11-5-8-6-12(10)13(11)7-8/h1-4,8,11-13H,5-7H2. The molecule has 0 heteroatoms. The van der Waals surface area contributed by atoms with Crippen molar-refractivity contribution in [3.05, 3.63) is 35.4 Å². The van der Waals surface area contributed by atoms with Crippen LogP contribution in [0.4, 0.5) is 0 Å². The van der Waals surface area contributed by atoms with Gasteiger partial charge in [-0.3, -0.25) is 0 Å². The SMILES string of the molecule is c1ccc2c(c1)C1CC3CC2C1C3. The van der Waals surface area contributed by atoms with E-state index in [0.717, 1.165) is 23.7 Å². The number of benzene rings is 1. The first-order valence-corrected chi connectivity index (χ1v) is 5.52. The van der Waals surface area contributed by atoms with Gasteiger partial charge < -0.3 is 0 Å². The Hall–Kier alpha value is -0.780. The fourth-order valence-electron chi connectivity index (χ4n) is 4.25. The summed E-state index contributed by atoms with van der Waals surface area (Å²) in [5.41, 5.74) is 3.41. The van der Waals surface area contributed by atoms with E-state index in [1.165, 1.54) is 19.3 Å². The predicted molar refractivity (Wildman–Crippen MR) is 52.8 cm³/mol. The highest BCUT2D eigenvalue weighted by Crippen LogP contribution is 2.65. The molecule has 1 aromatic rings. The molecule has 2 saturated carbocycles. The van der Waals surface area contributed by atoms with E-state index < -0.39 is 0 Å². The van der Waals surface area contributed by atoms with Crippen LogP contribution in [0.2, 0.25) is 0 Å². The molecule has 0 amide bonds. The Bertz CT molecular complexity index is 333. The number of fused-ring (bicyclic) bond motifs is 4. The van der Waals surface area contributed by atoms with Gasteiger partial charge in [0.15, 0.2) is 0 Å². The summed E-state index contributed by atoms with van der Waals surface area (Å²) in [6.45, 7) is 0. The Kier molecular flexibility index (Phi) is 1.02. The summed E-state index contributed by atoms with van der Waals surface area (Å²) in [5.74, 6) is 4.04. The molecule has 13 heavy (non-hydrogen) atoms. The molecule has 3 aliphatic rings. The molecule has 4 rings (SSSR count). The summed E-state index contributed by atoms with van der Waals surface area (Å²) in [7, 11) is 0. The highest BCUT2D eigenvalue weighted by molar-refractivity contribution is 5.43. The Morgan fingerprint density at radius 2 is 1.46 bits per heavy atom. The van der Waals surface area contributed by atoms with Crippen LogP contribution >= 0.6 is 0 Å². The average Bonchev–Trinajstić information content (AvgIpc) is 2.77. The van der Waals surface area contributed by atoms with Crippen LogP contribution in [0.25, 0.3) is 0 Å². The molecule has 0 N–H and O–H groups in total. The van der Waals surface area contributed by atoms with Gasteiger partial charge in [0.05, 0.1) is 0 Å². The molecule has 0 radical (unpaired) electrons. The zero-order chi connectivity index (χ0) is 8.41. The monoisotopic (exact) mass is 170 g/mol. The molecule has 0 aromatic heterocycles. The van der Waals surface area contributed by atoms with Gasteiger partial charge in [-0.15, -0.1) is 0 Å². The van der Waals surface area contributed by atoms with E-state index in [9.17, 15) is 0 Å². The molecule has 66 valence electrons. The fraction of sp³-hybridized carbons (Fsp3) is 0.538. The Balaban J connectivity index is 1.98. The summed E-state index contributed by atoms with van der Waals surface area (Å²) in [4.78, 5) is 0. The van der Waals surface area contributed by atoms with Crippen LogP contribution in [0.15, 0.2) is 24.3 Å². The molecular weight excluding hydrogens is 156 g/mol. The van der Waals surface area contributed by atoms with Gasteiger partial charge >= 0.3 is 0 Å². The molecule has 0 heterocycles. The van der Waals surface area contributed by atoms with E-state index in [1.54, 1.807) is 11.1 Å². The second kappa shape index (κ2) is 2.00. The Labute approximate surface area is 79.0 Å². The quantitative estimate of drug-likeness (QED) is 0.560. The molecule has 2 fully saturated rings. The third-order valence-electron chi connectivity index (χ3n) is 4.61. The molecule has 1 aromatic carbocycles. The van der Waals surface area contributed by atoms with Gasteiger partial charge in [-0.2, -0.15) is 0 Å². The Morgan fingerprint density at radius 3 is 2.00 bits per heavy atom. The largest absolute Gasteiger partial charge is 0.0620 e. The molecule has 0 aliphatic heterocycles. The van der Waals surface area contributed by atoms with Gasteiger partial charge in [0.2, 0.25) is 0 Å². The van der Waals surface area contributed by atoms with Gasteiger partial charge in [0.25, 0.3) is 0 Å². The van der Waals surface area contributed by atoms with Crippen molar-refractivity contribution in [1.29, 1.82) is 0 Å². The maximum atomic E-state index is 2.38. The molecule has 0 spiro atoms. The van der Waals surface area contributed by atoms with Crippen LogP contribution < -0.4 is 0 Å². The fourth-order valence-corrected chi connectivity index (χ4v) is 4.25. The lowest BCUT2D eigenvalue weighted by molar-refractivity contribution is 0.411. The summed E-state index contributed by atoms with van der Waals surface area (Å²) >= 11 is 0. The van der Waals surface area contributed by atoms with Crippen molar-refractivity contribution in [2.75, 3.05) is 0 Å². The minimum absolute atomic E-state index is 0.958. The van der Waals surface area contributed by atoms with E-state index in [2.05, 4.69) is 24.3 Å². The van der Waals surface area contributed by atoms with Crippen molar-refractivity contribution in [3.8, 4) is 0 Å². The molecular formula is C13H14. The van der Waals surface area contributed by atoms with Crippen LogP contribution in [0, 0.1) is 11.8 Å². The summed E-state index contributed by atoms with van der Waals surface area (Å²) < 4.78 is 0. The average molecular weight is 170 g/mol. The first-order valence-electron chi connectivity index (χ1n) is 5.52. The third-order valence-corrected chi connectivity index (χ3v) is 4.61. The molecule has 3 aliphatic carbocycles. The number of rotatable bonds is 0. The molecule has 2 atom stereocenters. The topological polar surface area (TPSA) is 0 Å². The van der Waals surface area contributed by atoms with Gasteiger partial charge in [-0.25, -0.2) is 0 Å². The molecule has 0 saturated heterocycles. The zero-order valence-electron chi connectivity index (χ0n) is 7.74. The maximum absolute atomic E-state index is 2.38. The zero-order valence-corrected chi connectivity index (χ0v) is 7.74. The summed E-state index contributed by atoms with van der Waals surface area (Å²) in [6.07, 6.45) is 4.53. The predicted octanol–water partition coefficient (Wildman–Crippen LogP) is 3.30.